The van der Waals surface area contributed by atoms with Crippen LogP contribution >= 0.6 is 0 Å². The monoisotopic (exact) mass is 548 g/mol. The lowest BCUT2D eigenvalue weighted by molar-refractivity contribution is 0.226. The van der Waals surface area contributed by atoms with Crippen LogP contribution in [0.15, 0.2) is 66.7 Å². The van der Waals surface area contributed by atoms with E-state index in [0.29, 0.717) is 5.92 Å². The number of fused-ring (bicyclic) bond motifs is 2. The number of unbranched alkanes of at least 4 members (excludes halogenated alkanes) is 12. The quantitative estimate of drug-likeness (QED) is 0.0566. The van der Waals surface area contributed by atoms with E-state index in [1.807, 2.05) is 0 Å². The Morgan fingerprint density at radius 2 is 0.951 bits per heavy atom. The molecule has 0 amide bonds. The molecule has 0 aliphatic heterocycles. The molecule has 1 heteroatoms. The van der Waals surface area contributed by atoms with Crippen molar-refractivity contribution < 1.29 is 4.74 Å². The number of rotatable bonds is 19. The summed E-state index contributed by atoms with van der Waals surface area (Å²) in [7, 11) is 0. The lowest BCUT2D eigenvalue weighted by atomic mass is 9.89. The molecule has 0 saturated heterocycles. The third kappa shape index (κ3) is 7.35. The summed E-state index contributed by atoms with van der Waals surface area (Å²) in [5.74, 6) is 1.71. The van der Waals surface area contributed by atoms with Crippen molar-refractivity contribution in [1.29, 1.82) is 0 Å². The molecule has 0 radical (unpaired) electrons. The summed E-state index contributed by atoms with van der Waals surface area (Å²) >= 11 is 0. The molecule has 0 N–H and O–H groups in total. The Bertz CT molecular complexity index is 1480. The first-order valence-electron chi connectivity index (χ1n) is 17.0. The molecule has 0 bridgehead atoms. The smallest absolute Gasteiger partial charge is 0.127 e. The third-order valence-corrected chi connectivity index (χ3v) is 9.38. The maximum absolute atomic E-state index is 6.85. The van der Waals surface area contributed by atoms with Crippen LogP contribution in [-0.2, 0) is 0 Å². The van der Waals surface area contributed by atoms with Gasteiger partial charge in [0, 0.05) is 10.8 Å². The van der Waals surface area contributed by atoms with Crippen LogP contribution in [0.5, 0.6) is 5.75 Å². The van der Waals surface area contributed by atoms with Crippen LogP contribution < -0.4 is 4.74 Å². The second-order valence-corrected chi connectivity index (χ2v) is 12.5. The van der Waals surface area contributed by atoms with Crippen LogP contribution in [0, 0.1) is 5.92 Å². The average Bonchev–Trinajstić information content (AvgIpc) is 3.01. The molecule has 1 nitrogen and oxygen atoms in total. The predicted octanol–water partition coefficient (Wildman–Crippen LogP) is 13.0. The largest absolute Gasteiger partial charge is 0.493 e. The molecular weight excluding hydrogens is 496 g/mol. The highest BCUT2D eigenvalue weighted by atomic mass is 16.5. The topological polar surface area (TPSA) is 9.23 Å². The summed E-state index contributed by atoms with van der Waals surface area (Å²) in [5.41, 5.74) is 0. The van der Waals surface area contributed by atoms with Gasteiger partial charge in [0.15, 0.2) is 0 Å². The molecule has 1 unspecified atom stereocenters. The van der Waals surface area contributed by atoms with E-state index < -0.39 is 0 Å². The van der Waals surface area contributed by atoms with Crippen LogP contribution in [0.2, 0.25) is 0 Å². The minimum Gasteiger partial charge on any atom is -0.493 e. The van der Waals surface area contributed by atoms with Crippen molar-refractivity contribution in [3.63, 3.8) is 0 Å². The van der Waals surface area contributed by atoms with Gasteiger partial charge in [-0.2, -0.15) is 0 Å². The van der Waals surface area contributed by atoms with Gasteiger partial charge in [0.25, 0.3) is 0 Å². The fraction of sp³-hybridized carbons (Fsp3) is 0.500. The van der Waals surface area contributed by atoms with Crippen LogP contribution in [-0.4, -0.2) is 6.61 Å². The number of ether oxygens (including phenoxy) is 1. The highest BCUT2D eigenvalue weighted by Gasteiger charge is 2.17. The summed E-state index contributed by atoms with van der Waals surface area (Å²) < 4.78 is 6.85. The van der Waals surface area contributed by atoms with Crippen LogP contribution in [0.4, 0.5) is 0 Å². The molecule has 0 aliphatic rings. The van der Waals surface area contributed by atoms with Crippen molar-refractivity contribution in [2.24, 2.45) is 5.92 Å². The summed E-state index contributed by atoms with van der Waals surface area (Å²) in [4.78, 5) is 0. The van der Waals surface area contributed by atoms with Gasteiger partial charge in [0.05, 0.1) is 6.61 Å². The van der Waals surface area contributed by atoms with Gasteiger partial charge in [0.2, 0.25) is 0 Å². The van der Waals surface area contributed by atoms with Gasteiger partial charge in [0.1, 0.15) is 5.75 Å². The van der Waals surface area contributed by atoms with Crippen molar-refractivity contribution in [3.05, 3.63) is 66.7 Å². The average molecular weight is 549 g/mol. The van der Waals surface area contributed by atoms with Crippen molar-refractivity contribution in [2.45, 2.75) is 117 Å². The standard InChI is InChI=1S/C40H52O/c1-3-5-7-9-11-12-14-16-21-31(20-15-13-10-8-6-4-2)30-41-37-29-28-33-24-18-26-35-34-25-17-22-32-23-19-27-36(38(32)34)40(37)39(33)35/h17-19,22-29,31H,3-16,20-21,30H2,1-2H3. The second-order valence-electron chi connectivity index (χ2n) is 12.5. The molecular formula is C40H52O. The van der Waals surface area contributed by atoms with Gasteiger partial charge in [-0.3, -0.25) is 0 Å². The molecule has 5 aromatic rings. The highest BCUT2D eigenvalue weighted by Crippen LogP contribution is 2.44. The molecule has 218 valence electrons. The Labute approximate surface area is 249 Å². The fourth-order valence-electron chi connectivity index (χ4n) is 7.04. The van der Waals surface area contributed by atoms with Gasteiger partial charge in [-0.15, -0.1) is 0 Å². The number of hydrogen-bond donors (Lipinski definition) is 0. The molecule has 1 atom stereocenters. The SMILES string of the molecule is CCCCCCCCCCC(CCCCCCCC)COc1ccc2cccc3c4cccc5cccc(c1c23)c54. The zero-order valence-corrected chi connectivity index (χ0v) is 25.9. The van der Waals surface area contributed by atoms with Crippen LogP contribution in [0.25, 0.3) is 43.1 Å². The van der Waals surface area contributed by atoms with Crippen molar-refractivity contribution in [2.75, 3.05) is 6.61 Å². The van der Waals surface area contributed by atoms with Crippen LogP contribution in [0.1, 0.15) is 117 Å². The van der Waals surface area contributed by atoms with Gasteiger partial charge in [-0.25, -0.2) is 0 Å². The number of benzene rings is 5. The first-order chi connectivity index (χ1) is 20.3. The summed E-state index contributed by atoms with van der Waals surface area (Å²) in [6.45, 7) is 5.44. The number of hydrogen-bond acceptors (Lipinski definition) is 1. The summed E-state index contributed by atoms with van der Waals surface area (Å²) in [6.07, 6.45) is 21.9. The summed E-state index contributed by atoms with van der Waals surface area (Å²) in [5, 5.41) is 10.7. The van der Waals surface area contributed by atoms with Crippen molar-refractivity contribution in [3.8, 4) is 5.75 Å². The molecule has 0 spiro atoms. The zero-order chi connectivity index (χ0) is 28.3. The molecule has 0 aliphatic carbocycles. The maximum atomic E-state index is 6.85. The van der Waals surface area contributed by atoms with Gasteiger partial charge < -0.3 is 4.74 Å². The normalized spacial score (nSPS) is 12.7. The van der Waals surface area contributed by atoms with Gasteiger partial charge >= 0.3 is 0 Å². The molecule has 0 heterocycles. The Kier molecular flexibility index (Phi) is 11.2. The van der Waals surface area contributed by atoms with E-state index in [2.05, 4.69) is 80.6 Å². The highest BCUT2D eigenvalue weighted by molar-refractivity contribution is 6.34. The molecule has 0 saturated carbocycles. The third-order valence-electron chi connectivity index (χ3n) is 9.38. The minimum atomic E-state index is 0.645. The van der Waals surface area contributed by atoms with Crippen molar-refractivity contribution in [1.82, 2.24) is 0 Å². The molecule has 41 heavy (non-hydrogen) atoms. The van der Waals surface area contributed by atoms with E-state index in [1.165, 1.54) is 146 Å². The maximum Gasteiger partial charge on any atom is 0.127 e. The fourth-order valence-corrected chi connectivity index (χ4v) is 7.04. The van der Waals surface area contributed by atoms with E-state index in [4.69, 9.17) is 4.74 Å². The van der Waals surface area contributed by atoms with Crippen molar-refractivity contribution >= 4 is 43.1 Å². The zero-order valence-electron chi connectivity index (χ0n) is 25.9. The Morgan fingerprint density at radius 1 is 0.463 bits per heavy atom. The first-order valence-corrected chi connectivity index (χ1v) is 17.0. The first kappa shape index (κ1) is 29.7. The van der Waals surface area contributed by atoms with Gasteiger partial charge in [-0.05, 0) is 57.1 Å². The predicted molar refractivity (Wildman–Crippen MR) is 182 cm³/mol. The molecule has 0 aromatic heterocycles. The van der Waals surface area contributed by atoms with Crippen LogP contribution in [0.3, 0.4) is 0 Å². The lowest BCUT2D eigenvalue weighted by Crippen LogP contribution is -2.13. The van der Waals surface area contributed by atoms with E-state index in [0.717, 1.165) is 12.4 Å². The van der Waals surface area contributed by atoms with E-state index >= 15 is 0 Å². The van der Waals surface area contributed by atoms with Gasteiger partial charge in [-0.1, -0.05) is 164 Å². The van der Waals surface area contributed by atoms with E-state index in [-0.39, 0.29) is 0 Å². The minimum absolute atomic E-state index is 0.645. The Morgan fingerprint density at radius 3 is 1.54 bits per heavy atom. The Balaban J connectivity index is 1.32. The second kappa shape index (κ2) is 15.4. The Hall–Kier alpha value is -2.80. The summed E-state index contributed by atoms with van der Waals surface area (Å²) in [6, 6.07) is 24.8. The molecule has 5 aromatic carbocycles. The molecule has 0 fully saturated rings. The molecule has 5 rings (SSSR count). The van der Waals surface area contributed by atoms with E-state index in [1.54, 1.807) is 0 Å². The van der Waals surface area contributed by atoms with E-state index in [9.17, 15) is 0 Å². The lowest BCUT2D eigenvalue weighted by Gasteiger charge is -2.21.